The molecular formula is C15H15N3O4. The van der Waals surface area contributed by atoms with Gasteiger partial charge in [-0.15, -0.1) is 0 Å². The number of aromatic nitrogens is 2. The zero-order valence-corrected chi connectivity index (χ0v) is 12.1. The summed E-state index contributed by atoms with van der Waals surface area (Å²) in [6, 6.07) is 5.54. The molecule has 1 aromatic carbocycles. The van der Waals surface area contributed by atoms with Gasteiger partial charge < -0.3 is 15.4 Å². The molecule has 7 heteroatoms. The van der Waals surface area contributed by atoms with Crippen LogP contribution in [0.3, 0.4) is 0 Å². The summed E-state index contributed by atoms with van der Waals surface area (Å²) in [5, 5.41) is 11.6. The zero-order chi connectivity index (χ0) is 16.3. The molecule has 2 rings (SSSR count). The van der Waals surface area contributed by atoms with Crippen LogP contribution in [0.25, 0.3) is 0 Å². The Labute approximate surface area is 126 Å². The van der Waals surface area contributed by atoms with Crippen LogP contribution in [0.15, 0.2) is 35.3 Å². The SMILES string of the molecule is Cc1cccc([C@H](NC(=O)c2cnc(C)[nH]c2=O)C(=O)O)c1. The van der Waals surface area contributed by atoms with Crippen LogP contribution < -0.4 is 10.9 Å². The summed E-state index contributed by atoms with van der Waals surface area (Å²) in [4.78, 5) is 41.5. The van der Waals surface area contributed by atoms with Gasteiger partial charge in [0.1, 0.15) is 11.4 Å². The highest BCUT2D eigenvalue weighted by Gasteiger charge is 2.24. The number of hydrogen-bond acceptors (Lipinski definition) is 4. The summed E-state index contributed by atoms with van der Waals surface area (Å²) in [7, 11) is 0. The van der Waals surface area contributed by atoms with Gasteiger partial charge >= 0.3 is 5.97 Å². The molecule has 0 aliphatic rings. The Morgan fingerprint density at radius 2 is 2.05 bits per heavy atom. The average molecular weight is 301 g/mol. The highest BCUT2D eigenvalue weighted by Crippen LogP contribution is 2.15. The Bertz CT molecular complexity index is 782. The summed E-state index contributed by atoms with van der Waals surface area (Å²) in [5.41, 5.74) is 0.452. The van der Waals surface area contributed by atoms with Gasteiger partial charge in [0.05, 0.1) is 0 Å². The van der Waals surface area contributed by atoms with Gasteiger partial charge in [-0.25, -0.2) is 9.78 Å². The zero-order valence-electron chi connectivity index (χ0n) is 12.1. The van der Waals surface area contributed by atoms with E-state index in [4.69, 9.17) is 0 Å². The summed E-state index contributed by atoms with van der Waals surface area (Å²) < 4.78 is 0. The van der Waals surface area contributed by atoms with E-state index in [-0.39, 0.29) is 5.56 Å². The normalized spacial score (nSPS) is 11.7. The summed E-state index contributed by atoms with van der Waals surface area (Å²) in [5.74, 6) is -1.63. The third-order valence-corrected chi connectivity index (χ3v) is 3.07. The van der Waals surface area contributed by atoms with Crippen molar-refractivity contribution >= 4 is 11.9 Å². The predicted molar refractivity (Wildman–Crippen MR) is 78.6 cm³/mol. The second-order valence-corrected chi connectivity index (χ2v) is 4.87. The van der Waals surface area contributed by atoms with Gasteiger partial charge in [0.15, 0.2) is 6.04 Å². The molecule has 0 saturated heterocycles. The van der Waals surface area contributed by atoms with E-state index in [1.54, 1.807) is 25.1 Å². The molecule has 3 N–H and O–H groups in total. The number of carboxylic acids is 1. The van der Waals surface area contributed by atoms with Gasteiger partial charge in [-0.05, 0) is 19.4 Å². The maximum absolute atomic E-state index is 12.1. The number of hydrogen-bond donors (Lipinski definition) is 3. The first-order valence-corrected chi connectivity index (χ1v) is 6.54. The van der Waals surface area contributed by atoms with Crippen molar-refractivity contribution in [3.63, 3.8) is 0 Å². The first-order valence-electron chi connectivity index (χ1n) is 6.54. The Kier molecular flexibility index (Phi) is 4.36. The van der Waals surface area contributed by atoms with Crippen LogP contribution in [0.2, 0.25) is 0 Å². The molecule has 0 saturated carbocycles. The first kappa shape index (κ1) is 15.4. The Hall–Kier alpha value is -2.96. The van der Waals surface area contributed by atoms with Crippen LogP contribution in [0.5, 0.6) is 0 Å². The fourth-order valence-electron chi connectivity index (χ4n) is 1.99. The number of H-pyrrole nitrogens is 1. The second-order valence-electron chi connectivity index (χ2n) is 4.87. The van der Waals surface area contributed by atoms with E-state index in [1.807, 2.05) is 13.0 Å². The van der Waals surface area contributed by atoms with E-state index in [2.05, 4.69) is 15.3 Å². The number of carbonyl (C=O) groups is 2. The number of aryl methyl sites for hydroxylation is 2. The molecule has 0 fully saturated rings. The number of carbonyl (C=O) groups excluding carboxylic acids is 1. The number of benzene rings is 1. The van der Waals surface area contributed by atoms with Crippen molar-refractivity contribution in [2.45, 2.75) is 19.9 Å². The predicted octanol–water partition coefficient (Wildman–Crippen LogP) is 0.942. The fraction of sp³-hybridized carbons (Fsp3) is 0.200. The van der Waals surface area contributed by atoms with Crippen molar-refractivity contribution in [1.82, 2.24) is 15.3 Å². The molecule has 0 spiro atoms. The minimum absolute atomic E-state index is 0.232. The van der Waals surface area contributed by atoms with Gasteiger partial charge in [-0.3, -0.25) is 9.59 Å². The Morgan fingerprint density at radius 1 is 1.32 bits per heavy atom. The standard InChI is InChI=1S/C15H15N3O4/c1-8-4-3-5-10(6-8)12(15(21)22)18-14(20)11-7-16-9(2)17-13(11)19/h3-7,12H,1-2H3,(H,18,20)(H,21,22)(H,16,17,19)/t12-/m0/s1. The monoisotopic (exact) mass is 301 g/mol. The van der Waals surface area contributed by atoms with E-state index < -0.39 is 23.5 Å². The molecule has 22 heavy (non-hydrogen) atoms. The van der Waals surface area contributed by atoms with Crippen LogP contribution in [0.4, 0.5) is 0 Å². The molecule has 2 aromatic rings. The summed E-state index contributed by atoms with van der Waals surface area (Å²) >= 11 is 0. The lowest BCUT2D eigenvalue weighted by Gasteiger charge is -2.15. The van der Waals surface area contributed by atoms with Crippen LogP contribution in [0.1, 0.15) is 33.4 Å². The number of nitrogens with one attached hydrogen (secondary N) is 2. The average Bonchev–Trinajstić information content (AvgIpc) is 2.44. The third-order valence-electron chi connectivity index (χ3n) is 3.07. The van der Waals surface area contributed by atoms with Gasteiger partial charge in [-0.2, -0.15) is 0 Å². The fourth-order valence-corrected chi connectivity index (χ4v) is 1.99. The lowest BCUT2D eigenvalue weighted by molar-refractivity contribution is -0.139. The number of nitrogens with zero attached hydrogens (tertiary/aromatic N) is 1. The topological polar surface area (TPSA) is 112 Å². The minimum atomic E-state index is -1.24. The molecule has 1 amide bonds. The largest absolute Gasteiger partial charge is 0.479 e. The number of aliphatic carboxylic acids is 1. The van der Waals surface area contributed by atoms with E-state index in [9.17, 15) is 19.5 Å². The lowest BCUT2D eigenvalue weighted by Crippen LogP contribution is -2.36. The number of carboxylic acid groups (broad SMARTS) is 1. The van der Waals surface area contributed by atoms with Crippen molar-refractivity contribution in [3.05, 3.63) is 63.3 Å². The maximum atomic E-state index is 12.1. The molecular weight excluding hydrogens is 286 g/mol. The second kappa shape index (κ2) is 6.21. The van der Waals surface area contributed by atoms with E-state index in [1.165, 1.54) is 0 Å². The quantitative estimate of drug-likeness (QED) is 0.778. The molecule has 1 heterocycles. The molecule has 114 valence electrons. The molecule has 0 radical (unpaired) electrons. The van der Waals surface area contributed by atoms with Crippen molar-refractivity contribution < 1.29 is 14.7 Å². The maximum Gasteiger partial charge on any atom is 0.330 e. The van der Waals surface area contributed by atoms with Crippen molar-refractivity contribution in [2.75, 3.05) is 0 Å². The molecule has 1 aromatic heterocycles. The smallest absolute Gasteiger partial charge is 0.330 e. The Morgan fingerprint density at radius 3 is 2.64 bits per heavy atom. The minimum Gasteiger partial charge on any atom is -0.479 e. The van der Waals surface area contributed by atoms with Gasteiger partial charge in [0.2, 0.25) is 0 Å². The molecule has 0 unspecified atom stereocenters. The van der Waals surface area contributed by atoms with E-state index in [0.29, 0.717) is 11.4 Å². The Balaban J connectivity index is 2.30. The highest BCUT2D eigenvalue weighted by molar-refractivity contribution is 5.96. The van der Waals surface area contributed by atoms with Gasteiger partial charge in [0.25, 0.3) is 11.5 Å². The van der Waals surface area contributed by atoms with Crippen LogP contribution in [-0.2, 0) is 4.79 Å². The molecule has 0 bridgehead atoms. The summed E-state index contributed by atoms with van der Waals surface area (Å²) in [6.07, 6.45) is 1.12. The summed E-state index contributed by atoms with van der Waals surface area (Å²) in [6.45, 7) is 3.40. The molecule has 7 nitrogen and oxygen atoms in total. The lowest BCUT2D eigenvalue weighted by atomic mass is 10.0. The number of rotatable bonds is 4. The van der Waals surface area contributed by atoms with Crippen LogP contribution in [-0.4, -0.2) is 27.0 Å². The van der Waals surface area contributed by atoms with Gasteiger partial charge in [0, 0.05) is 6.20 Å². The van der Waals surface area contributed by atoms with Crippen molar-refractivity contribution in [3.8, 4) is 0 Å². The highest BCUT2D eigenvalue weighted by atomic mass is 16.4. The van der Waals surface area contributed by atoms with Crippen LogP contribution >= 0.6 is 0 Å². The van der Waals surface area contributed by atoms with E-state index in [0.717, 1.165) is 11.8 Å². The molecule has 0 aliphatic heterocycles. The van der Waals surface area contributed by atoms with Crippen molar-refractivity contribution in [1.29, 1.82) is 0 Å². The van der Waals surface area contributed by atoms with Crippen LogP contribution in [0, 0.1) is 13.8 Å². The van der Waals surface area contributed by atoms with E-state index >= 15 is 0 Å². The van der Waals surface area contributed by atoms with Crippen molar-refractivity contribution in [2.24, 2.45) is 0 Å². The number of aromatic amines is 1. The number of amides is 1. The van der Waals surface area contributed by atoms with Gasteiger partial charge in [-0.1, -0.05) is 29.8 Å². The first-order chi connectivity index (χ1) is 10.4. The molecule has 1 atom stereocenters. The molecule has 0 aliphatic carbocycles. The third kappa shape index (κ3) is 3.38.